The molecule has 2 aromatic carbocycles. The first-order chi connectivity index (χ1) is 13.1. The monoisotopic (exact) mass is 578 g/mol. The van der Waals surface area contributed by atoms with E-state index in [1.54, 1.807) is 0 Å². The summed E-state index contributed by atoms with van der Waals surface area (Å²) in [6, 6.07) is 17.6. The Balaban J connectivity index is 0.00000240. The number of rotatable bonds is 6. The summed E-state index contributed by atoms with van der Waals surface area (Å²) in [4.78, 5) is 0. The molecule has 175 valence electrons. The minimum absolute atomic E-state index is 0. The molecule has 0 saturated heterocycles. The van der Waals surface area contributed by atoms with Crippen LogP contribution < -0.4 is 3.26 Å². The Morgan fingerprint density at radius 1 is 0.935 bits per heavy atom. The molecular weight excluding hydrogens is 541 g/mol. The number of fused-ring (bicyclic) bond motifs is 3. The molecule has 0 radical (unpaired) electrons. The van der Waals surface area contributed by atoms with E-state index in [0.29, 0.717) is 6.61 Å². The molecule has 3 rings (SSSR count). The minimum Gasteiger partial charge on any atom is -0.147 e. The predicted octanol–water partition coefficient (Wildman–Crippen LogP) is 6.44. The van der Waals surface area contributed by atoms with Crippen molar-refractivity contribution >= 4 is 40.0 Å². The zero-order valence-electron chi connectivity index (χ0n) is 20.2. The van der Waals surface area contributed by atoms with Crippen LogP contribution in [0.4, 0.5) is 0 Å². The first-order valence-corrected chi connectivity index (χ1v) is 27.2. The van der Waals surface area contributed by atoms with Gasteiger partial charge in [-0.2, -0.15) is 0 Å². The summed E-state index contributed by atoms with van der Waals surface area (Å²) in [6.45, 7) is 18.3. The van der Waals surface area contributed by atoms with Crippen LogP contribution in [-0.4, -0.2) is 27.3 Å². The molecule has 31 heavy (non-hydrogen) atoms. The van der Waals surface area contributed by atoms with E-state index in [-0.39, 0.29) is 34.0 Å². The van der Waals surface area contributed by atoms with Gasteiger partial charge in [-0.15, -0.1) is 24.8 Å². The summed E-state index contributed by atoms with van der Waals surface area (Å²) in [5.41, 5.74) is 5.16. The zero-order valence-corrected chi connectivity index (χ0v) is 26.7. The molecule has 0 fully saturated rings. The quantitative estimate of drug-likeness (QED) is 0.399. The summed E-state index contributed by atoms with van der Waals surface area (Å²) in [5.74, 6) is 0. The third-order valence-corrected chi connectivity index (χ3v) is 36.1. The first kappa shape index (κ1) is 29.2. The van der Waals surface area contributed by atoms with Crippen LogP contribution in [0.5, 0.6) is 0 Å². The molecule has 0 atom stereocenters. The summed E-state index contributed by atoms with van der Waals surface area (Å²) in [7, 11) is -1.97. The molecule has 0 unspecified atom stereocenters. The topological polar surface area (TPSA) is 30.5 Å². The molecule has 8 heteroatoms. The Kier molecular flexibility index (Phi) is 8.28. The molecule has 0 saturated carbocycles. The SMILES string of the molecule is CC[O][Zr]([CH3])(=[SiH2])([NH]C(C)(C)C)([O][Si](C)(C)C)[CH]1c2ccccc2-c2ccccc21.Cl.Cl. The van der Waals surface area contributed by atoms with Gasteiger partial charge in [0.25, 0.3) is 0 Å². The fourth-order valence-electron chi connectivity index (χ4n) is 6.00. The maximum atomic E-state index is 7.43. The van der Waals surface area contributed by atoms with Gasteiger partial charge in [0.15, 0.2) is 0 Å². The second-order valence-corrected chi connectivity index (χ2v) is 45.0. The van der Waals surface area contributed by atoms with Gasteiger partial charge < -0.3 is 0 Å². The predicted molar refractivity (Wildman–Crippen MR) is 142 cm³/mol. The average Bonchev–Trinajstić information content (AvgIpc) is 2.86. The number of hydrogen-bond donors (Lipinski definition) is 1. The van der Waals surface area contributed by atoms with Gasteiger partial charge in [0, 0.05) is 0 Å². The maximum absolute atomic E-state index is 7.43. The number of benzene rings is 2. The standard InChI is InChI=1S/C13H9.C4H10N.C3H9OSi.C2H5O.CH3.2ClH.H2Si.Zr/c1-3-7-12-10(5-1)9-11-6-2-4-8-13(11)12;1-4(2,3)5;1-5(2,3)4;1-2-3;;;;;/h1-9H;5H,1-3H3;1-3H3;2H2,1H3;1H3;2*1H;1H2;/q;3*-1;;;;;+3. The molecule has 1 N–H and O–H groups in total. The van der Waals surface area contributed by atoms with Crippen LogP contribution in [0.2, 0.25) is 24.3 Å². The normalized spacial score (nSPS) is 16.3. The van der Waals surface area contributed by atoms with E-state index in [1.165, 1.54) is 22.3 Å². The maximum Gasteiger partial charge on any atom is -0.147 e. The van der Waals surface area contributed by atoms with Gasteiger partial charge >= 0.3 is 179 Å². The van der Waals surface area contributed by atoms with Crippen LogP contribution in [0.3, 0.4) is 0 Å². The van der Waals surface area contributed by atoms with Crippen molar-refractivity contribution in [2.75, 3.05) is 6.61 Å². The van der Waals surface area contributed by atoms with E-state index >= 15 is 0 Å². The molecule has 3 nitrogen and oxygen atoms in total. The third-order valence-electron chi connectivity index (χ3n) is 5.71. The molecule has 0 heterocycles. The van der Waals surface area contributed by atoms with Gasteiger partial charge in [0.2, 0.25) is 0 Å². The summed E-state index contributed by atoms with van der Waals surface area (Å²) in [6.07, 6.45) is 0. The van der Waals surface area contributed by atoms with E-state index in [4.69, 9.17) is 5.32 Å². The van der Waals surface area contributed by atoms with Crippen LogP contribution >= 0.6 is 24.8 Å². The van der Waals surface area contributed by atoms with E-state index in [0.717, 1.165) is 0 Å². The van der Waals surface area contributed by atoms with Crippen LogP contribution in [-0.2, 0) is 22.4 Å². The Hall–Kier alpha value is 0.217. The molecular formula is C23H40Cl2NO2Si2Zr. The summed E-state index contributed by atoms with van der Waals surface area (Å²) < 4.78 is 21.1. The van der Waals surface area contributed by atoms with E-state index in [1.807, 2.05) is 6.88 Å². The largest absolute Gasteiger partial charge is 0.147 e. The molecule has 0 amide bonds. The number of halogens is 2. The van der Waals surface area contributed by atoms with Gasteiger partial charge in [0.05, 0.1) is 0 Å². The molecule has 1 aliphatic carbocycles. The first-order valence-electron chi connectivity index (χ1n) is 10.7. The van der Waals surface area contributed by atoms with Crippen molar-refractivity contribution < 1.29 is 22.4 Å². The molecule has 0 bridgehead atoms. The van der Waals surface area contributed by atoms with Crippen molar-refractivity contribution in [2.45, 2.75) is 61.1 Å². The van der Waals surface area contributed by atoms with Gasteiger partial charge in [-0.05, 0) is 0 Å². The van der Waals surface area contributed by atoms with Gasteiger partial charge in [-0.3, -0.25) is 0 Å². The molecule has 0 spiro atoms. The second kappa shape index (κ2) is 8.78. The van der Waals surface area contributed by atoms with Crippen molar-refractivity contribution in [3.63, 3.8) is 0 Å². The number of nitrogens with one attached hydrogen (secondary N) is 1. The van der Waals surface area contributed by atoms with Gasteiger partial charge in [-0.1, -0.05) is 0 Å². The number of hydrogen-bond acceptors (Lipinski definition) is 3. The molecule has 0 aliphatic heterocycles. The summed E-state index contributed by atoms with van der Waals surface area (Å²) >= 11 is -5.12. The van der Waals surface area contributed by atoms with Crippen LogP contribution in [0, 0.1) is 0 Å². The van der Waals surface area contributed by atoms with Crippen molar-refractivity contribution in [2.24, 2.45) is 0 Å². The molecule has 0 aromatic heterocycles. The van der Waals surface area contributed by atoms with Crippen molar-refractivity contribution in [3.05, 3.63) is 59.7 Å². The van der Waals surface area contributed by atoms with Crippen molar-refractivity contribution in [1.82, 2.24) is 3.26 Å². The molecule has 1 aliphatic rings. The van der Waals surface area contributed by atoms with Gasteiger partial charge in [0.1, 0.15) is 0 Å². The van der Waals surface area contributed by atoms with E-state index in [2.05, 4.69) is 104 Å². The van der Waals surface area contributed by atoms with E-state index in [9.17, 15) is 0 Å². The summed E-state index contributed by atoms with van der Waals surface area (Å²) in [5, 5.41) is 0. The van der Waals surface area contributed by atoms with Crippen molar-refractivity contribution in [3.8, 4) is 11.1 Å². The zero-order chi connectivity index (χ0) is 21.8. The Labute approximate surface area is 202 Å². The fraction of sp³-hybridized carbons (Fsp3) is 0.478. The van der Waals surface area contributed by atoms with Crippen LogP contribution in [0.1, 0.15) is 42.4 Å². The smallest absolute Gasteiger partial charge is 0.147 e. The second-order valence-electron chi connectivity index (χ2n) is 11.3. The fourth-order valence-corrected chi connectivity index (χ4v) is 53.7. The Morgan fingerprint density at radius 2 is 1.35 bits per heavy atom. The van der Waals surface area contributed by atoms with Crippen molar-refractivity contribution in [1.29, 1.82) is 0 Å². The van der Waals surface area contributed by atoms with Gasteiger partial charge in [-0.25, -0.2) is 0 Å². The Bertz CT molecular complexity index is 979. The van der Waals surface area contributed by atoms with Crippen LogP contribution in [0.25, 0.3) is 11.1 Å². The van der Waals surface area contributed by atoms with Crippen LogP contribution in [0.15, 0.2) is 48.5 Å². The third kappa shape index (κ3) is 5.49. The minimum atomic E-state index is -5.12. The van der Waals surface area contributed by atoms with E-state index < -0.39 is 25.4 Å². The Morgan fingerprint density at radius 3 is 1.71 bits per heavy atom. The average molecular weight is 581 g/mol. The molecule has 2 aromatic rings.